The summed E-state index contributed by atoms with van der Waals surface area (Å²) in [6.07, 6.45) is 0. The predicted molar refractivity (Wildman–Crippen MR) is 63.7 cm³/mol. The highest BCUT2D eigenvalue weighted by atomic mass is 16.6. The van der Waals surface area contributed by atoms with Crippen LogP contribution in [0.15, 0.2) is 12.1 Å². The summed E-state index contributed by atoms with van der Waals surface area (Å²) in [6, 6.07) is 1.88. The van der Waals surface area contributed by atoms with Crippen molar-refractivity contribution < 1.29 is 19.9 Å². The number of benzene rings is 1. The van der Waals surface area contributed by atoms with E-state index in [4.69, 9.17) is 10.0 Å². The lowest BCUT2D eigenvalue weighted by Crippen LogP contribution is -2.30. The molecule has 18 heavy (non-hydrogen) atoms. The molecule has 0 heterocycles. The van der Waals surface area contributed by atoms with Crippen LogP contribution in [0.3, 0.4) is 0 Å². The molecule has 9 heteroatoms. The number of nitro benzene ring substituents is 2. The Morgan fingerprint density at radius 3 is 1.72 bits per heavy atom. The van der Waals surface area contributed by atoms with Gasteiger partial charge in [0, 0.05) is 12.1 Å². The van der Waals surface area contributed by atoms with Crippen molar-refractivity contribution in [3.05, 3.63) is 37.9 Å². The Morgan fingerprint density at radius 2 is 1.50 bits per heavy atom. The lowest BCUT2D eigenvalue weighted by molar-refractivity contribution is -0.395. The van der Waals surface area contributed by atoms with Crippen molar-refractivity contribution in [1.29, 1.82) is 0 Å². The molecule has 1 aromatic rings. The molecule has 0 spiro atoms. The molecule has 0 unspecified atom stereocenters. The van der Waals surface area contributed by atoms with Crippen LogP contribution in [0.4, 0.5) is 11.4 Å². The second-order valence-electron chi connectivity index (χ2n) is 4.02. The topological polar surface area (TPSA) is 127 Å². The Labute approximate surface area is 102 Å². The van der Waals surface area contributed by atoms with Gasteiger partial charge in [-0.15, -0.1) is 0 Å². The molecule has 0 fully saturated rings. The van der Waals surface area contributed by atoms with E-state index in [0.29, 0.717) is 0 Å². The van der Waals surface area contributed by atoms with Crippen molar-refractivity contribution in [1.82, 2.24) is 0 Å². The van der Waals surface area contributed by atoms with E-state index in [9.17, 15) is 20.2 Å². The number of nitro groups is 2. The third-order valence-electron chi connectivity index (χ3n) is 2.43. The minimum Gasteiger partial charge on any atom is -0.423 e. The molecule has 0 atom stereocenters. The summed E-state index contributed by atoms with van der Waals surface area (Å²) < 4.78 is 0. The van der Waals surface area contributed by atoms with Crippen LogP contribution in [0.1, 0.15) is 25.3 Å². The van der Waals surface area contributed by atoms with E-state index in [-0.39, 0.29) is 11.0 Å². The van der Waals surface area contributed by atoms with Crippen molar-refractivity contribution in [2.75, 3.05) is 0 Å². The molecule has 1 aromatic carbocycles. The molecular weight excluding hydrogens is 243 g/mol. The van der Waals surface area contributed by atoms with Crippen LogP contribution < -0.4 is 5.46 Å². The smallest absolute Gasteiger partial charge is 0.423 e. The van der Waals surface area contributed by atoms with E-state index < -0.39 is 34.3 Å². The van der Waals surface area contributed by atoms with Crippen LogP contribution in [0.25, 0.3) is 0 Å². The average molecular weight is 254 g/mol. The fourth-order valence-electron chi connectivity index (χ4n) is 1.69. The van der Waals surface area contributed by atoms with Gasteiger partial charge in [0.25, 0.3) is 11.4 Å². The molecular formula is C9H11BN2O6. The normalized spacial score (nSPS) is 10.5. The summed E-state index contributed by atoms with van der Waals surface area (Å²) in [4.78, 5) is 20.3. The fourth-order valence-corrected chi connectivity index (χ4v) is 1.69. The zero-order chi connectivity index (χ0) is 14.0. The standard InChI is InChI=1S/C9H11BN2O6/c1-5(2)9-7(11(15)16)3-6(10(13)14)4-8(9)12(17)18/h3-5,13-14H,1-2H3. The monoisotopic (exact) mass is 254 g/mol. The average Bonchev–Trinajstić information content (AvgIpc) is 2.26. The number of nitrogens with zero attached hydrogens (tertiary/aromatic N) is 2. The maximum atomic E-state index is 10.9. The lowest BCUT2D eigenvalue weighted by Gasteiger charge is -2.09. The summed E-state index contributed by atoms with van der Waals surface area (Å²) in [5.41, 5.74) is -1.28. The first-order chi connectivity index (χ1) is 8.25. The first kappa shape index (κ1) is 14.1. The molecule has 0 saturated carbocycles. The summed E-state index contributed by atoms with van der Waals surface area (Å²) in [5.74, 6) is -0.435. The SMILES string of the molecule is CC(C)c1c([N+](=O)[O-])cc(B(O)O)cc1[N+](=O)[O-]. The van der Waals surface area contributed by atoms with Gasteiger partial charge in [0.1, 0.15) is 5.56 Å². The Balaban J connectivity index is 3.65. The molecule has 0 aliphatic heterocycles. The molecule has 0 aliphatic rings. The van der Waals surface area contributed by atoms with Gasteiger partial charge < -0.3 is 10.0 Å². The molecule has 96 valence electrons. The number of hydrogen-bond donors (Lipinski definition) is 2. The first-order valence-corrected chi connectivity index (χ1v) is 5.08. The Morgan fingerprint density at radius 1 is 1.11 bits per heavy atom. The molecule has 0 bridgehead atoms. The Hall–Kier alpha value is -2.00. The number of rotatable bonds is 4. The molecule has 2 N–H and O–H groups in total. The minimum atomic E-state index is -2.00. The van der Waals surface area contributed by atoms with Gasteiger partial charge in [-0.25, -0.2) is 0 Å². The highest BCUT2D eigenvalue weighted by Crippen LogP contribution is 2.33. The van der Waals surface area contributed by atoms with Crippen LogP contribution >= 0.6 is 0 Å². The van der Waals surface area contributed by atoms with E-state index in [1.807, 2.05) is 0 Å². The maximum Gasteiger partial charge on any atom is 0.488 e. The van der Waals surface area contributed by atoms with Gasteiger partial charge in [0.2, 0.25) is 0 Å². The zero-order valence-corrected chi connectivity index (χ0v) is 9.73. The van der Waals surface area contributed by atoms with Crippen LogP contribution in [0.2, 0.25) is 0 Å². The van der Waals surface area contributed by atoms with Crippen LogP contribution in [0, 0.1) is 20.2 Å². The van der Waals surface area contributed by atoms with Gasteiger partial charge in [-0.05, 0) is 11.4 Å². The first-order valence-electron chi connectivity index (χ1n) is 5.08. The molecule has 0 radical (unpaired) electrons. The van der Waals surface area contributed by atoms with Crippen molar-refractivity contribution in [3.63, 3.8) is 0 Å². The van der Waals surface area contributed by atoms with E-state index in [1.54, 1.807) is 13.8 Å². The van der Waals surface area contributed by atoms with Crippen LogP contribution in [-0.2, 0) is 0 Å². The Kier molecular flexibility index (Phi) is 3.99. The van der Waals surface area contributed by atoms with Gasteiger partial charge in [0.05, 0.1) is 9.85 Å². The summed E-state index contributed by atoms with van der Waals surface area (Å²) in [6.45, 7) is 3.18. The van der Waals surface area contributed by atoms with E-state index >= 15 is 0 Å². The second-order valence-corrected chi connectivity index (χ2v) is 4.02. The van der Waals surface area contributed by atoms with Gasteiger partial charge in [0.15, 0.2) is 0 Å². The van der Waals surface area contributed by atoms with Crippen molar-refractivity contribution in [2.24, 2.45) is 0 Å². The molecule has 0 aliphatic carbocycles. The molecule has 0 saturated heterocycles. The summed E-state index contributed by atoms with van der Waals surface area (Å²) in [5, 5.41) is 39.7. The molecule has 8 nitrogen and oxygen atoms in total. The Bertz CT molecular complexity index is 467. The third-order valence-corrected chi connectivity index (χ3v) is 2.43. The van der Waals surface area contributed by atoms with Gasteiger partial charge in [-0.1, -0.05) is 13.8 Å². The quantitative estimate of drug-likeness (QED) is 0.452. The molecule has 0 amide bonds. The fraction of sp³-hybridized carbons (Fsp3) is 0.333. The predicted octanol–water partition coefficient (Wildman–Crippen LogP) is 0.306. The zero-order valence-electron chi connectivity index (χ0n) is 9.73. The summed E-state index contributed by atoms with van der Waals surface area (Å²) in [7, 11) is -2.00. The third kappa shape index (κ3) is 2.63. The lowest BCUT2D eigenvalue weighted by atomic mass is 9.78. The highest BCUT2D eigenvalue weighted by molar-refractivity contribution is 6.58. The van der Waals surface area contributed by atoms with Crippen LogP contribution in [-0.4, -0.2) is 27.0 Å². The van der Waals surface area contributed by atoms with Gasteiger partial charge >= 0.3 is 7.12 Å². The van der Waals surface area contributed by atoms with Crippen LogP contribution in [0.5, 0.6) is 0 Å². The van der Waals surface area contributed by atoms with Gasteiger partial charge in [-0.2, -0.15) is 0 Å². The van der Waals surface area contributed by atoms with Crippen molar-refractivity contribution in [3.8, 4) is 0 Å². The summed E-state index contributed by atoms with van der Waals surface area (Å²) >= 11 is 0. The number of hydrogen-bond acceptors (Lipinski definition) is 6. The van der Waals surface area contributed by atoms with Crippen molar-refractivity contribution >= 4 is 24.0 Å². The largest absolute Gasteiger partial charge is 0.488 e. The van der Waals surface area contributed by atoms with Gasteiger partial charge in [-0.3, -0.25) is 20.2 Å². The molecule has 0 aromatic heterocycles. The van der Waals surface area contributed by atoms with E-state index in [2.05, 4.69) is 0 Å². The van der Waals surface area contributed by atoms with Crippen molar-refractivity contribution in [2.45, 2.75) is 19.8 Å². The maximum absolute atomic E-state index is 10.9. The van der Waals surface area contributed by atoms with E-state index in [1.165, 1.54) is 0 Å². The second kappa shape index (κ2) is 5.11. The molecule has 1 rings (SSSR count). The highest BCUT2D eigenvalue weighted by Gasteiger charge is 2.30. The van der Waals surface area contributed by atoms with E-state index in [0.717, 1.165) is 12.1 Å². The minimum absolute atomic E-state index is 0.0330.